The molecule has 1 nitrogen and oxygen atoms in total. The Morgan fingerprint density at radius 1 is 0.840 bits per heavy atom. The van der Waals surface area contributed by atoms with Gasteiger partial charge in [-0.3, -0.25) is 0 Å². The molecule has 2 rings (SSSR count). The maximum absolute atomic E-state index is 12.9. The van der Waals surface area contributed by atoms with Crippen molar-refractivity contribution in [3.8, 4) is 11.1 Å². The van der Waals surface area contributed by atoms with Crippen LogP contribution < -0.4 is 0 Å². The first-order valence-electron chi connectivity index (χ1n) is 7.20. The number of halogens is 6. The average molecular weight is 360 g/mol. The molecule has 0 spiro atoms. The van der Waals surface area contributed by atoms with E-state index >= 15 is 0 Å². The molecule has 0 aromatic heterocycles. The maximum atomic E-state index is 12.9. The Bertz CT molecular complexity index is 737. The zero-order chi connectivity index (χ0) is 18.8. The zero-order valence-corrected chi connectivity index (χ0v) is 13.0. The molecule has 2 aromatic rings. The quantitative estimate of drug-likeness (QED) is 0.687. The highest BCUT2D eigenvalue weighted by Gasteiger charge is 2.36. The highest BCUT2D eigenvalue weighted by atomic mass is 19.4. The Labute approximate surface area is 140 Å². The van der Waals surface area contributed by atoms with Crippen LogP contribution >= 0.6 is 0 Å². The molecule has 134 valence electrons. The molecule has 0 aliphatic heterocycles. The van der Waals surface area contributed by atoms with E-state index in [9.17, 15) is 26.3 Å². The highest BCUT2D eigenvalue weighted by molar-refractivity contribution is 5.70. The van der Waals surface area contributed by atoms with Gasteiger partial charge in [0, 0.05) is 0 Å². The van der Waals surface area contributed by atoms with Crippen LogP contribution in [0.3, 0.4) is 0 Å². The SMILES string of the molecule is C/C(=C\CO)c1ccc(-c2cc(C(F)(F)F)cc(C(F)(F)F)c2)cc1. The van der Waals surface area contributed by atoms with E-state index < -0.39 is 23.5 Å². The summed E-state index contributed by atoms with van der Waals surface area (Å²) in [6, 6.07) is 7.53. The van der Waals surface area contributed by atoms with Crippen LogP contribution in [0.1, 0.15) is 23.6 Å². The molecular formula is C18H14F6O. The lowest BCUT2D eigenvalue weighted by molar-refractivity contribution is -0.143. The summed E-state index contributed by atoms with van der Waals surface area (Å²) in [5.74, 6) is 0. The lowest BCUT2D eigenvalue weighted by Crippen LogP contribution is -2.11. The van der Waals surface area contributed by atoms with Gasteiger partial charge in [0.05, 0.1) is 17.7 Å². The van der Waals surface area contributed by atoms with Crippen LogP contribution in [0.15, 0.2) is 48.5 Å². The first kappa shape index (κ1) is 19.1. The van der Waals surface area contributed by atoms with Crippen LogP contribution in [0.25, 0.3) is 16.7 Å². The number of rotatable bonds is 3. The van der Waals surface area contributed by atoms with E-state index in [1.807, 2.05) is 0 Å². The summed E-state index contributed by atoms with van der Waals surface area (Å²) >= 11 is 0. The van der Waals surface area contributed by atoms with Gasteiger partial charge in [-0.2, -0.15) is 26.3 Å². The van der Waals surface area contributed by atoms with Gasteiger partial charge in [-0.25, -0.2) is 0 Å². The lowest BCUT2D eigenvalue weighted by atomic mass is 9.97. The monoisotopic (exact) mass is 360 g/mol. The van der Waals surface area contributed by atoms with Gasteiger partial charge >= 0.3 is 12.4 Å². The summed E-state index contributed by atoms with van der Waals surface area (Å²) in [5, 5.41) is 8.85. The second-order valence-electron chi connectivity index (χ2n) is 5.44. The third-order valence-corrected chi connectivity index (χ3v) is 3.66. The summed E-state index contributed by atoms with van der Waals surface area (Å²) < 4.78 is 77.4. The minimum absolute atomic E-state index is 0.103. The summed E-state index contributed by atoms with van der Waals surface area (Å²) in [4.78, 5) is 0. The molecule has 0 amide bonds. The number of hydrogen-bond donors (Lipinski definition) is 1. The van der Waals surface area contributed by atoms with Crippen molar-refractivity contribution in [3.63, 3.8) is 0 Å². The van der Waals surface area contributed by atoms with E-state index in [0.717, 1.165) is 5.57 Å². The van der Waals surface area contributed by atoms with Crippen molar-refractivity contribution >= 4 is 5.57 Å². The normalized spacial score (nSPS) is 13.2. The first-order valence-corrected chi connectivity index (χ1v) is 7.20. The molecular weight excluding hydrogens is 346 g/mol. The molecule has 25 heavy (non-hydrogen) atoms. The van der Waals surface area contributed by atoms with E-state index in [-0.39, 0.29) is 23.8 Å². The fourth-order valence-electron chi connectivity index (χ4n) is 2.30. The van der Waals surface area contributed by atoms with E-state index in [1.54, 1.807) is 25.1 Å². The Morgan fingerprint density at radius 3 is 1.72 bits per heavy atom. The first-order chi connectivity index (χ1) is 11.5. The molecule has 0 aliphatic carbocycles. The Kier molecular flexibility index (Phi) is 5.27. The summed E-state index contributed by atoms with van der Waals surface area (Å²) in [7, 11) is 0. The minimum atomic E-state index is -4.88. The molecule has 0 unspecified atom stereocenters. The molecule has 0 atom stereocenters. The van der Waals surface area contributed by atoms with Crippen LogP contribution in [0, 0.1) is 0 Å². The van der Waals surface area contributed by atoms with E-state index in [4.69, 9.17) is 5.11 Å². The second-order valence-corrected chi connectivity index (χ2v) is 5.44. The van der Waals surface area contributed by atoms with Crippen molar-refractivity contribution in [1.29, 1.82) is 0 Å². The molecule has 0 saturated heterocycles. The van der Waals surface area contributed by atoms with E-state index in [0.29, 0.717) is 17.7 Å². The van der Waals surface area contributed by atoms with Crippen LogP contribution in [0.2, 0.25) is 0 Å². The van der Waals surface area contributed by atoms with E-state index in [2.05, 4.69) is 0 Å². The van der Waals surface area contributed by atoms with Gasteiger partial charge in [0.15, 0.2) is 0 Å². The van der Waals surface area contributed by atoms with Gasteiger partial charge in [0.2, 0.25) is 0 Å². The van der Waals surface area contributed by atoms with Crippen LogP contribution in [-0.4, -0.2) is 11.7 Å². The highest BCUT2D eigenvalue weighted by Crippen LogP contribution is 2.38. The number of hydrogen-bond acceptors (Lipinski definition) is 1. The molecule has 0 saturated carbocycles. The Morgan fingerprint density at radius 2 is 1.32 bits per heavy atom. The van der Waals surface area contributed by atoms with Gasteiger partial charge in [0.1, 0.15) is 0 Å². The van der Waals surface area contributed by atoms with Gasteiger partial charge in [0.25, 0.3) is 0 Å². The summed E-state index contributed by atoms with van der Waals surface area (Å²) in [6.45, 7) is 1.56. The van der Waals surface area contributed by atoms with Crippen molar-refractivity contribution in [3.05, 3.63) is 65.2 Å². The fourth-order valence-corrected chi connectivity index (χ4v) is 2.30. The molecule has 0 radical (unpaired) electrons. The lowest BCUT2D eigenvalue weighted by Gasteiger charge is -2.14. The molecule has 0 bridgehead atoms. The molecule has 0 aliphatic rings. The topological polar surface area (TPSA) is 20.2 Å². The summed E-state index contributed by atoms with van der Waals surface area (Å²) in [5.41, 5.74) is -1.18. The molecule has 0 heterocycles. The molecule has 2 aromatic carbocycles. The van der Waals surface area contributed by atoms with Gasteiger partial charge in [-0.1, -0.05) is 30.3 Å². The Hall–Kier alpha value is -2.28. The zero-order valence-electron chi connectivity index (χ0n) is 13.0. The average Bonchev–Trinajstić information content (AvgIpc) is 2.53. The Balaban J connectivity index is 2.53. The van der Waals surface area contributed by atoms with Crippen molar-refractivity contribution in [2.75, 3.05) is 6.61 Å². The largest absolute Gasteiger partial charge is 0.416 e. The molecule has 7 heteroatoms. The number of allylic oxidation sites excluding steroid dienone is 1. The van der Waals surface area contributed by atoms with Crippen molar-refractivity contribution in [2.45, 2.75) is 19.3 Å². The number of benzene rings is 2. The summed E-state index contributed by atoms with van der Waals surface area (Å²) in [6.07, 6.45) is -8.21. The van der Waals surface area contributed by atoms with Gasteiger partial charge < -0.3 is 5.11 Å². The van der Waals surface area contributed by atoms with Gasteiger partial charge in [-0.15, -0.1) is 0 Å². The number of aliphatic hydroxyl groups excluding tert-OH is 1. The predicted octanol–water partition coefficient (Wildman–Crippen LogP) is 5.79. The van der Waals surface area contributed by atoms with Crippen LogP contribution in [-0.2, 0) is 12.4 Å². The predicted molar refractivity (Wildman–Crippen MR) is 82.6 cm³/mol. The van der Waals surface area contributed by atoms with Gasteiger partial charge in [-0.05, 0) is 47.4 Å². The van der Waals surface area contributed by atoms with Crippen molar-refractivity contribution in [2.24, 2.45) is 0 Å². The van der Waals surface area contributed by atoms with E-state index in [1.165, 1.54) is 12.1 Å². The maximum Gasteiger partial charge on any atom is 0.416 e. The standard InChI is InChI=1S/C18H14F6O/c1-11(6-7-25)12-2-4-13(5-3-12)14-8-15(17(19,20)21)10-16(9-14)18(22,23)24/h2-6,8-10,25H,7H2,1H3/b11-6+. The minimum Gasteiger partial charge on any atom is -0.392 e. The van der Waals surface area contributed by atoms with Crippen LogP contribution in [0.5, 0.6) is 0 Å². The van der Waals surface area contributed by atoms with Crippen molar-refractivity contribution in [1.82, 2.24) is 0 Å². The van der Waals surface area contributed by atoms with Crippen molar-refractivity contribution < 1.29 is 31.4 Å². The number of aliphatic hydroxyl groups is 1. The third-order valence-electron chi connectivity index (χ3n) is 3.66. The number of alkyl halides is 6. The second kappa shape index (κ2) is 6.92. The van der Waals surface area contributed by atoms with Crippen LogP contribution in [0.4, 0.5) is 26.3 Å². The smallest absolute Gasteiger partial charge is 0.392 e. The molecule has 0 fully saturated rings. The molecule has 1 N–H and O–H groups in total. The fraction of sp³-hybridized carbons (Fsp3) is 0.222. The third kappa shape index (κ3) is 4.63.